The smallest absolute Gasteiger partial charge is 0.307 e. The highest BCUT2D eigenvalue weighted by Gasteiger charge is 2.23. The van der Waals surface area contributed by atoms with E-state index in [0.717, 1.165) is 10.7 Å². The van der Waals surface area contributed by atoms with E-state index in [1.807, 2.05) is 0 Å². The Balaban J connectivity index is 2.55. The van der Waals surface area contributed by atoms with Gasteiger partial charge in [-0.15, -0.1) is 5.10 Å². The zero-order valence-corrected chi connectivity index (χ0v) is 10.7. The van der Waals surface area contributed by atoms with Crippen molar-refractivity contribution in [1.29, 1.82) is 0 Å². The topological polar surface area (TPSA) is 99.9 Å². The molecular weight excluding hydrogens is 272 g/mol. The van der Waals surface area contributed by atoms with Gasteiger partial charge < -0.3 is 5.73 Å². The van der Waals surface area contributed by atoms with Crippen LogP contribution < -0.4 is 5.73 Å². The Kier molecular flexibility index (Phi) is 3.22. The second-order valence-corrected chi connectivity index (χ2v) is 4.78. The first-order chi connectivity index (χ1) is 9.20. The molecule has 1 aromatic heterocycles. The summed E-state index contributed by atoms with van der Waals surface area (Å²) < 4.78 is 27.9. The number of hydrogen-bond acceptors (Lipinski definition) is 5. The van der Waals surface area contributed by atoms with Crippen LogP contribution in [0.2, 0.25) is 0 Å². The van der Waals surface area contributed by atoms with Crippen LogP contribution in [0.5, 0.6) is 0 Å². The van der Waals surface area contributed by atoms with Crippen LogP contribution in [0.3, 0.4) is 0 Å². The monoisotopic (exact) mass is 283 g/mol. The number of rotatable bonds is 3. The second kappa shape index (κ2) is 4.60. The highest BCUT2D eigenvalue weighted by atomic mass is 19.1. The van der Waals surface area contributed by atoms with Crippen LogP contribution >= 0.6 is 0 Å². The molecule has 0 saturated carbocycles. The second-order valence-electron chi connectivity index (χ2n) is 4.78. The van der Waals surface area contributed by atoms with Gasteiger partial charge in [-0.1, -0.05) is 5.21 Å². The van der Waals surface area contributed by atoms with Crippen molar-refractivity contribution in [2.24, 2.45) is 5.73 Å². The van der Waals surface area contributed by atoms with Crippen LogP contribution in [0.1, 0.15) is 19.5 Å². The van der Waals surface area contributed by atoms with Gasteiger partial charge in [0.05, 0.1) is 16.7 Å². The average molecular weight is 283 g/mol. The number of nitro benzene ring substituents is 1. The number of nitrogens with two attached hydrogens (primary N) is 1. The van der Waals surface area contributed by atoms with Crippen LogP contribution in [-0.2, 0) is 5.54 Å². The Morgan fingerprint density at radius 1 is 1.35 bits per heavy atom. The predicted molar refractivity (Wildman–Crippen MR) is 65.1 cm³/mol. The molecule has 0 unspecified atom stereocenters. The highest BCUT2D eigenvalue weighted by molar-refractivity contribution is 5.45. The fraction of sp³-hybridized carbons (Fsp3) is 0.273. The van der Waals surface area contributed by atoms with Gasteiger partial charge in [0.1, 0.15) is 11.4 Å². The third-order valence-electron chi connectivity index (χ3n) is 2.61. The van der Waals surface area contributed by atoms with Crippen molar-refractivity contribution < 1.29 is 13.7 Å². The van der Waals surface area contributed by atoms with E-state index < -0.39 is 27.8 Å². The quantitative estimate of drug-likeness (QED) is 0.682. The van der Waals surface area contributed by atoms with Gasteiger partial charge in [-0.25, -0.2) is 9.07 Å². The molecule has 0 bridgehead atoms. The largest absolute Gasteiger partial charge is 0.320 e. The number of halogens is 2. The minimum Gasteiger partial charge on any atom is -0.320 e. The third kappa shape index (κ3) is 2.48. The molecule has 2 rings (SSSR count). The van der Waals surface area contributed by atoms with Gasteiger partial charge in [-0.2, -0.15) is 4.39 Å². The zero-order valence-electron chi connectivity index (χ0n) is 10.7. The molecule has 0 aliphatic carbocycles. The number of hydrogen-bond donors (Lipinski definition) is 1. The Morgan fingerprint density at radius 2 is 2.00 bits per heavy atom. The van der Waals surface area contributed by atoms with Crippen LogP contribution in [0.4, 0.5) is 14.5 Å². The van der Waals surface area contributed by atoms with E-state index in [2.05, 4.69) is 10.3 Å². The van der Waals surface area contributed by atoms with E-state index in [9.17, 15) is 18.9 Å². The summed E-state index contributed by atoms with van der Waals surface area (Å²) >= 11 is 0. The van der Waals surface area contributed by atoms with E-state index in [4.69, 9.17) is 5.73 Å². The zero-order chi connectivity index (χ0) is 15.1. The summed E-state index contributed by atoms with van der Waals surface area (Å²) in [7, 11) is 0. The first-order valence-electron chi connectivity index (χ1n) is 5.55. The molecular formula is C11H11F2N5O2. The summed E-state index contributed by atoms with van der Waals surface area (Å²) in [5.74, 6) is -2.24. The van der Waals surface area contributed by atoms with E-state index in [1.165, 1.54) is 6.20 Å². The first-order valence-corrected chi connectivity index (χ1v) is 5.55. The molecule has 1 heterocycles. The normalized spacial score (nSPS) is 11.7. The summed E-state index contributed by atoms with van der Waals surface area (Å²) in [6.45, 7) is 3.34. The highest BCUT2D eigenvalue weighted by Crippen LogP contribution is 2.24. The molecule has 0 amide bonds. The summed E-state index contributed by atoms with van der Waals surface area (Å²) in [6, 6.07) is 1.19. The molecule has 20 heavy (non-hydrogen) atoms. The van der Waals surface area contributed by atoms with E-state index in [-0.39, 0.29) is 5.69 Å². The van der Waals surface area contributed by atoms with Crippen LogP contribution in [0, 0.1) is 21.7 Å². The van der Waals surface area contributed by atoms with Crippen LogP contribution in [0.25, 0.3) is 5.69 Å². The van der Waals surface area contributed by atoms with Crippen molar-refractivity contribution in [1.82, 2.24) is 15.0 Å². The number of nitro groups is 1. The van der Waals surface area contributed by atoms with E-state index >= 15 is 0 Å². The molecule has 9 heteroatoms. The van der Waals surface area contributed by atoms with E-state index in [1.54, 1.807) is 13.8 Å². The van der Waals surface area contributed by atoms with E-state index in [0.29, 0.717) is 11.8 Å². The molecule has 2 N–H and O–H groups in total. The van der Waals surface area contributed by atoms with Gasteiger partial charge in [0.2, 0.25) is 5.82 Å². The Bertz CT molecular complexity index is 678. The lowest BCUT2D eigenvalue weighted by Crippen LogP contribution is -2.29. The summed E-state index contributed by atoms with van der Waals surface area (Å²) in [4.78, 5) is 9.72. The van der Waals surface area contributed by atoms with Gasteiger partial charge in [0, 0.05) is 12.1 Å². The molecule has 0 radical (unpaired) electrons. The molecule has 0 fully saturated rings. The standard InChI is InChI=1S/C11H11F2N5O2/c1-11(2,14)10-5-17(16-15-10)8-4-9(18(19)20)7(13)3-6(8)12/h3-5H,14H2,1-2H3. The maximum Gasteiger partial charge on any atom is 0.307 e. The molecule has 0 saturated heterocycles. The summed E-state index contributed by atoms with van der Waals surface area (Å²) in [5.41, 5.74) is 4.25. The minimum absolute atomic E-state index is 0.277. The molecule has 0 aliphatic rings. The summed E-state index contributed by atoms with van der Waals surface area (Å²) in [5, 5.41) is 18.1. The van der Waals surface area contributed by atoms with Gasteiger partial charge in [0.25, 0.3) is 0 Å². The van der Waals surface area contributed by atoms with Gasteiger partial charge in [0.15, 0.2) is 5.82 Å². The minimum atomic E-state index is -1.25. The Morgan fingerprint density at radius 3 is 2.50 bits per heavy atom. The fourth-order valence-corrected chi connectivity index (χ4v) is 1.52. The lowest BCUT2D eigenvalue weighted by atomic mass is 10.0. The van der Waals surface area contributed by atoms with Crippen molar-refractivity contribution in [3.8, 4) is 5.69 Å². The molecule has 0 atom stereocenters. The van der Waals surface area contributed by atoms with Crippen molar-refractivity contribution in [2.45, 2.75) is 19.4 Å². The Labute approximate surface area is 112 Å². The maximum absolute atomic E-state index is 13.7. The molecule has 7 nitrogen and oxygen atoms in total. The predicted octanol–water partition coefficient (Wildman–Crippen LogP) is 1.65. The van der Waals surface area contributed by atoms with Crippen molar-refractivity contribution >= 4 is 5.69 Å². The maximum atomic E-state index is 13.7. The fourth-order valence-electron chi connectivity index (χ4n) is 1.52. The van der Waals surface area contributed by atoms with Crippen LogP contribution in [0.15, 0.2) is 18.3 Å². The Hall–Kier alpha value is -2.42. The van der Waals surface area contributed by atoms with Crippen molar-refractivity contribution in [3.63, 3.8) is 0 Å². The molecule has 0 aliphatic heterocycles. The molecule has 2 aromatic rings. The van der Waals surface area contributed by atoms with Crippen molar-refractivity contribution in [2.75, 3.05) is 0 Å². The summed E-state index contributed by atoms with van der Waals surface area (Å²) in [6.07, 6.45) is 1.33. The van der Waals surface area contributed by atoms with Crippen molar-refractivity contribution in [3.05, 3.63) is 45.8 Å². The van der Waals surface area contributed by atoms with Gasteiger partial charge >= 0.3 is 5.69 Å². The van der Waals surface area contributed by atoms with Crippen LogP contribution in [-0.4, -0.2) is 19.9 Å². The lowest BCUT2D eigenvalue weighted by Gasteiger charge is -2.13. The number of nitrogens with zero attached hydrogens (tertiary/aromatic N) is 4. The molecule has 106 valence electrons. The third-order valence-corrected chi connectivity index (χ3v) is 2.61. The van der Waals surface area contributed by atoms with Gasteiger partial charge in [-0.05, 0) is 13.8 Å². The SMILES string of the molecule is CC(C)(N)c1cn(-c2cc([N+](=O)[O-])c(F)cc2F)nn1. The van der Waals surface area contributed by atoms with Gasteiger partial charge in [-0.3, -0.25) is 10.1 Å². The number of benzene rings is 1. The lowest BCUT2D eigenvalue weighted by molar-refractivity contribution is -0.387. The number of aromatic nitrogens is 3. The average Bonchev–Trinajstić information content (AvgIpc) is 2.77. The molecule has 0 spiro atoms. The molecule has 1 aromatic carbocycles. The first kappa shape index (κ1) is 14.0.